The molecule has 0 fully saturated rings. The first-order valence-electron chi connectivity index (χ1n) is 9.29. The molecule has 1 heterocycles. The number of aromatic nitrogens is 2. The molecule has 0 saturated carbocycles. The maximum Gasteiger partial charge on any atom is 0.335 e. The van der Waals surface area contributed by atoms with Gasteiger partial charge in [-0.05, 0) is 29.5 Å². The largest absolute Gasteiger partial charge is 0.478 e. The van der Waals surface area contributed by atoms with Gasteiger partial charge in [0.05, 0.1) is 5.56 Å². The first-order valence-corrected chi connectivity index (χ1v) is 9.29. The van der Waals surface area contributed by atoms with E-state index in [1.807, 2.05) is 32.6 Å². The van der Waals surface area contributed by atoms with Crippen LogP contribution in [0, 0.1) is 11.8 Å². The lowest BCUT2D eigenvalue weighted by atomic mass is 10.1. The number of nitrogens with one attached hydrogen (secondary N) is 1. The number of rotatable bonds is 8. The molecule has 152 valence electrons. The van der Waals surface area contributed by atoms with Crippen LogP contribution in [-0.2, 0) is 13.1 Å². The average molecular weight is 388 g/mol. The number of anilines is 2. The van der Waals surface area contributed by atoms with Crippen molar-refractivity contribution in [2.24, 2.45) is 11.8 Å². The highest BCUT2D eigenvalue weighted by Crippen LogP contribution is 2.21. The molecule has 4 N–H and O–H groups in total. The molecule has 0 atom stereocenters. The van der Waals surface area contributed by atoms with Gasteiger partial charge < -0.3 is 15.7 Å². The van der Waals surface area contributed by atoms with Crippen LogP contribution in [0.1, 0.15) is 43.6 Å². The number of nitrogens with zero attached hydrogens (tertiary/aromatic N) is 2. The standard InChI is InChI=1S/C20H28N4O4/c1-12(2)9-23(11-14-5-7-15(8-6-14)19(26)27)16-17(21)24(10-13(3)4)20(28)22-18(16)25/h5-8,12-13H,9-11,21H2,1-4H3,(H,26,27)(H,22,25,28). The third-order valence-corrected chi connectivity index (χ3v) is 4.24. The van der Waals surface area contributed by atoms with E-state index in [2.05, 4.69) is 4.98 Å². The van der Waals surface area contributed by atoms with Gasteiger partial charge in [0.15, 0.2) is 0 Å². The highest BCUT2D eigenvalue weighted by Gasteiger charge is 2.20. The molecule has 2 rings (SSSR count). The summed E-state index contributed by atoms with van der Waals surface area (Å²) in [5.74, 6) is -0.430. The van der Waals surface area contributed by atoms with Crippen LogP contribution in [0.25, 0.3) is 0 Å². The van der Waals surface area contributed by atoms with Gasteiger partial charge >= 0.3 is 11.7 Å². The minimum atomic E-state index is -0.993. The van der Waals surface area contributed by atoms with Crippen LogP contribution >= 0.6 is 0 Å². The summed E-state index contributed by atoms with van der Waals surface area (Å²) in [6, 6.07) is 6.48. The second-order valence-corrected chi connectivity index (χ2v) is 7.77. The number of H-pyrrole nitrogens is 1. The Kier molecular flexibility index (Phi) is 6.66. The summed E-state index contributed by atoms with van der Waals surface area (Å²) in [6.07, 6.45) is 0. The SMILES string of the molecule is CC(C)CN(Cc1ccc(C(=O)O)cc1)c1c(N)n(CC(C)C)c(=O)[nH]c1=O. The highest BCUT2D eigenvalue weighted by molar-refractivity contribution is 5.87. The van der Waals surface area contributed by atoms with E-state index in [4.69, 9.17) is 10.8 Å². The van der Waals surface area contributed by atoms with Gasteiger partial charge in [-0.25, -0.2) is 9.59 Å². The van der Waals surface area contributed by atoms with Gasteiger partial charge in [0.2, 0.25) is 0 Å². The fourth-order valence-electron chi connectivity index (χ4n) is 3.08. The molecule has 0 aliphatic heterocycles. The molecule has 0 saturated heterocycles. The molecule has 2 aromatic rings. The van der Waals surface area contributed by atoms with Crippen LogP contribution in [0.3, 0.4) is 0 Å². The maximum absolute atomic E-state index is 12.6. The topological polar surface area (TPSA) is 121 Å². The molecule has 0 unspecified atom stereocenters. The molecule has 1 aromatic carbocycles. The van der Waals surface area contributed by atoms with Crippen LogP contribution in [-0.4, -0.2) is 27.2 Å². The van der Waals surface area contributed by atoms with Crippen molar-refractivity contribution in [1.82, 2.24) is 9.55 Å². The van der Waals surface area contributed by atoms with Crippen LogP contribution in [0.5, 0.6) is 0 Å². The van der Waals surface area contributed by atoms with E-state index < -0.39 is 17.2 Å². The zero-order chi connectivity index (χ0) is 21.0. The Morgan fingerprint density at radius 2 is 1.75 bits per heavy atom. The number of carboxylic acids is 1. The molecule has 0 aliphatic carbocycles. The Morgan fingerprint density at radius 1 is 1.14 bits per heavy atom. The number of hydrogen-bond donors (Lipinski definition) is 3. The van der Waals surface area contributed by atoms with E-state index in [1.54, 1.807) is 12.1 Å². The van der Waals surface area contributed by atoms with Crippen LogP contribution in [0.15, 0.2) is 33.9 Å². The Morgan fingerprint density at radius 3 is 2.25 bits per heavy atom. The third kappa shape index (κ3) is 5.03. The number of aromatic amines is 1. The van der Waals surface area contributed by atoms with Crippen molar-refractivity contribution in [3.63, 3.8) is 0 Å². The zero-order valence-electron chi connectivity index (χ0n) is 16.7. The molecule has 0 radical (unpaired) electrons. The van der Waals surface area contributed by atoms with Gasteiger partial charge in [-0.3, -0.25) is 14.3 Å². The summed E-state index contributed by atoms with van der Waals surface area (Å²) in [5, 5.41) is 9.05. The van der Waals surface area contributed by atoms with Crippen molar-refractivity contribution in [3.8, 4) is 0 Å². The van der Waals surface area contributed by atoms with E-state index >= 15 is 0 Å². The predicted octanol–water partition coefficient (Wildman–Crippen LogP) is 2.14. The zero-order valence-corrected chi connectivity index (χ0v) is 16.7. The predicted molar refractivity (Wildman–Crippen MR) is 110 cm³/mol. The number of carbonyl (C=O) groups is 1. The van der Waals surface area contributed by atoms with Gasteiger partial charge in [0.25, 0.3) is 5.56 Å². The lowest BCUT2D eigenvalue weighted by Gasteiger charge is -2.28. The molecule has 28 heavy (non-hydrogen) atoms. The Balaban J connectivity index is 2.49. The average Bonchev–Trinajstić information content (AvgIpc) is 2.58. The molecule has 8 heteroatoms. The Hall–Kier alpha value is -3.03. The van der Waals surface area contributed by atoms with Crippen LogP contribution in [0.4, 0.5) is 11.5 Å². The van der Waals surface area contributed by atoms with E-state index in [0.29, 0.717) is 19.6 Å². The van der Waals surface area contributed by atoms with Gasteiger partial charge in [-0.15, -0.1) is 0 Å². The van der Waals surface area contributed by atoms with E-state index in [1.165, 1.54) is 16.7 Å². The molecule has 1 aromatic heterocycles. The molecule has 0 spiro atoms. The van der Waals surface area contributed by atoms with Crippen molar-refractivity contribution in [3.05, 3.63) is 56.2 Å². The van der Waals surface area contributed by atoms with Crippen molar-refractivity contribution in [1.29, 1.82) is 0 Å². The normalized spacial score (nSPS) is 11.2. The molecular formula is C20H28N4O4. The van der Waals surface area contributed by atoms with Gasteiger partial charge in [-0.1, -0.05) is 39.8 Å². The first kappa shape index (κ1) is 21.3. The minimum absolute atomic E-state index is 0.144. The van der Waals surface area contributed by atoms with E-state index in [-0.39, 0.29) is 28.9 Å². The fraction of sp³-hybridized carbons (Fsp3) is 0.450. The number of benzene rings is 1. The summed E-state index contributed by atoms with van der Waals surface area (Å²) >= 11 is 0. The Bertz CT molecular complexity index is 942. The lowest BCUT2D eigenvalue weighted by Crippen LogP contribution is -2.40. The quantitative estimate of drug-likeness (QED) is 0.637. The summed E-state index contributed by atoms with van der Waals surface area (Å²) < 4.78 is 1.39. The summed E-state index contributed by atoms with van der Waals surface area (Å²) in [5.41, 5.74) is 6.51. The van der Waals surface area contributed by atoms with E-state index in [0.717, 1.165) is 5.56 Å². The molecule has 0 aliphatic rings. The third-order valence-electron chi connectivity index (χ3n) is 4.24. The summed E-state index contributed by atoms with van der Waals surface area (Å²) in [4.78, 5) is 40.0. The Labute approximate surface area is 163 Å². The second-order valence-electron chi connectivity index (χ2n) is 7.77. The number of nitrogens with two attached hydrogens (primary N) is 1. The van der Waals surface area contributed by atoms with Gasteiger partial charge in [0.1, 0.15) is 11.5 Å². The van der Waals surface area contributed by atoms with Crippen molar-refractivity contribution in [2.45, 2.75) is 40.8 Å². The highest BCUT2D eigenvalue weighted by atomic mass is 16.4. The lowest BCUT2D eigenvalue weighted by molar-refractivity contribution is 0.0697. The summed E-state index contributed by atoms with van der Waals surface area (Å²) in [6.45, 7) is 9.29. The first-order chi connectivity index (χ1) is 13.1. The smallest absolute Gasteiger partial charge is 0.335 e. The number of aromatic carboxylic acids is 1. The monoisotopic (exact) mass is 388 g/mol. The summed E-state index contributed by atoms with van der Waals surface area (Å²) in [7, 11) is 0. The van der Waals surface area contributed by atoms with Crippen molar-refractivity contribution in [2.75, 3.05) is 17.2 Å². The van der Waals surface area contributed by atoms with Crippen LogP contribution in [0.2, 0.25) is 0 Å². The van der Waals surface area contributed by atoms with E-state index in [9.17, 15) is 14.4 Å². The minimum Gasteiger partial charge on any atom is -0.478 e. The second kappa shape index (κ2) is 8.77. The van der Waals surface area contributed by atoms with Gasteiger partial charge in [0, 0.05) is 19.6 Å². The van der Waals surface area contributed by atoms with Crippen LogP contribution < -0.4 is 21.9 Å². The van der Waals surface area contributed by atoms with Crippen molar-refractivity contribution < 1.29 is 9.90 Å². The van der Waals surface area contributed by atoms with Gasteiger partial charge in [-0.2, -0.15) is 0 Å². The molecule has 0 amide bonds. The number of hydrogen-bond acceptors (Lipinski definition) is 5. The molecule has 8 nitrogen and oxygen atoms in total. The molecular weight excluding hydrogens is 360 g/mol. The number of nitrogen functional groups attached to an aromatic ring is 1. The molecule has 0 bridgehead atoms. The van der Waals surface area contributed by atoms with Crippen molar-refractivity contribution >= 4 is 17.5 Å². The number of carboxylic acid groups (broad SMARTS) is 1. The fourth-order valence-corrected chi connectivity index (χ4v) is 3.08. The maximum atomic E-state index is 12.6.